The normalized spacial score (nSPS) is 15.0. The van der Waals surface area contributed by atoms with Gasteiger partial charge in [-0.25, -0.2) is 4.21 Å². The molecular formula is C26H23N5O2S. The van der Waals surface area contributed by atoms with Crippen LogP contribution in [-0.4, -0.2) is 21.9 Å². The van der Waals surface area contributed by atoms with Crippen molar-refractivity contribution in [2.75, 3.05) is 18.0 Å². The van der Waals surface area contributed by atoms with Gasteiger partial charge in [-0.15, -0.1) is 10.2 Å². The Labute approximate surface area is 200 Å². The van der Waals surface area contributed by atoms with Gasteiger partial charge in [0, 0.05) is 29.5 Å². The molecule has 0 saturated carbocycles. The standard InChI is InChI=1S/C26H23N5O2S/c32-34(33)22-13-9-20(10-14-22)28-30-26-16-15-25(23-5-1-2-6-24(23)26)29-27-19-7-11-21(12-8-19)31-17-3-4-18-31/h1-2,5-16H,3-4,17-18H2,(H,32,33). The lowest BCUT2D eigenvalue weighted by Crippen LogP contribution is -2.17. The summed E-state index contributed by atoms with van der Waals surface area (Å²) in [5.41, 5.74) is 4.10. The van der Waals surface area contributed by atoms with Crippen molar-refractivity contribution in [3.05, 3.63) is 84.9 Å². The van der Waals surface area contributed by atoms with Crippen LogP contribution >= 0.6 is 0 Å². The fourth-order valence-corrected chi connectivity index (χ4v) is 4.37. The lowest BCUT2D eigenvalue weighted by Gasteiger charge is -2.17. The third kappa shape index (κ3) is 4.93. The highest BCUT2D eigenvalue weighted by molar-refractivity contribution is 7.79. The predicted molar refractivity (Wildman–Crippen MR) is 136 cm³/mol. The first kappa shape index (κ1) is 22.1. The number of benzene rings is 4. The molecule has 0 bridgehead atoms. The Bertz CT molecular complexity index is 1380. The molecule has 0 aliphatic carbocycles. The molecule has 0 radical (unpaired) electrons. The van der Waals surface area contributed by atoms with Crippen molar-refractivity contribution in [2.24, 2.45) is 20.5 Å². The van der Waals surface area contributed by atoms with Crippen LogP contribution in [0.15, 0.2) is 110 Å². The highest BCUT2D eigenvalue weighted by atomic mass is 32.2. The average molecular weight is 470 g/mol. The van der Waals surface area contributed by atoms with Gasteiger partial charge in [-0.3, -0.25) is 0 Å². The van der Waals surface area contributed by atoms with Crippen LogP contribution in [0.1, 0.15) is 12.8 Å². The molecule has 5 rings (SSSR count). The van der Waals surface area contributed by atoms with Gasteiger partial charge in [-0.1, -0.05) is 24.3 Å². The zero-order valence-corrected chi connectivity index (χ0v) is 19.2. The topological polar surface area (TPSA) is 90.0 Å². The molecule has 0 amide bonds. The van der Waals surface area contributed by atoms with Crippen molar-refractivity contribution in [2.45, 2.75) is 17.7 Å². The molecule has 1 saturated heterocycles. The van der Waals surface area contributed by atoms with Gasteiger partial charge in [0.2, 0.25) is 0 Å². The highest BCUT2D eigenvalue weighted by Gasteiger charge is 2.11. The van der Waals surface area contributed by atoms with Gasteiger partial charge in [0.1, 0.15) is 0 Å². The van der Waals surface area contributed by atoms with Gasteiger partial charge >= 0.3 is 0 Å². The average Bonchev–Trinajstić information content (AvgIpc) is 3.42. The molecule has 170 valence electrons. The fourth-order valence-electron chi connectivity index (χ4n) is 4.00. The monoisotopic (exact) mass is 469 g/mol. The lowest BCUT2D eigenvalue weighted by molar-refractivity contribution is 0.564. The van der Waals surface area contributed by atoms with E-state index in [1.807, 2.05) is 48.5 Å². The molecule has 0 spiro atoms. The SMILES string of the molecule is O=S(O)c1ccc(N=Nc2ccc(N=Nc3ccc(N4CCCC4)cc3)c3ccccc23)cc1. The van der Waals surface area contributed by atoms with E-state index in [4.69, 9.17) is 4.55 Å². The van der Waals surface area contributed by atoms with Crippen molar-refractivity contribution < 1.29 is 8.76 Å². The molecule has 1 heterocycles. The Morgan fingerprint density at radius 2 is 1.15 bits per heavy atom. The van der Waals surface area contributed by atoms with E-state index in [0.29, 0.717) is 16.3 Å². The summed E-state index contributed by atoms with van der Waals surface area (Å²) in [5, 5.41) is 19.5. The van der Waals surface area contributed by atoms with E-state index < -0.39 is 11.1 Å². The zero-order valence-electron chi connectivity index (χ0n) is 18.4. The van der Waals surface area contributed by atoms with E-state index in [-0.39, 0.29) is 0 Å². The second kappa shape index (κ2) is 10.0. The summed E-state index contributed by atoms with van der Waals surface area (Å²) in [4.78, 5) is 2.72. The molecule has 7 nitrogen and oxygen atoms in total. The molecule has 4 aromatic carbocycles. The second-order valence-electron chi connectivity index (χ2n) is 8.00. The maximum absolute atomic E-state index is 11.1. The molecular weight excluding hydrogens is 446 g/mol. The second-order valence-corrected chi connectivity index (χ2v) is 8.97. The number of azo groups is 2. The third-order valence-electron chi connectivity index (χ3n) is 5.78. The Morgan fingerprint density at radius 3 is 1.65 bits per heavy atom. The molecule has 1 N–H and O–H groups in total. The van der Waals surface area contributed by atoms with Crippen molar-refractivity contribution in [1.82, 2.24) is 0 Å². The number of hydrogen-bond acceptors (Lipinski definition) is 6. The maximum Gasteiger partial charge on any atom is 0.186 e. The first-order valence-corrected chi connectivity index (χ1v) is 12.2. The van der Waals surface area contributed by atoms with Gasteiger partial charge in [0.25, 0.3) is 0 Å². The quantitative estimate of drug-likeness (QED) is 0.230. The van der Waals surface area contributed by atoms with Gasteiger partial charge in [-0.2, -0.15) is 10.2 Å². The van der Waals surface area contributed by atoms with Crippen LogP contribution in [0, 0.1) is 0 Å². The van der Waals surface area contributed by atoms with Crippen molar-refractivity contribution in [1.29, 1.82) is 0 Å². The van der Waals surface area contributed by atoms with Crippen LogP contribution in [0.25, 0.3) is 10.8 Å². The van der Waals surface area contributed by atoms with E-state index >= 15 is 0 Å². The van der Waals surface area contributed by atoms with Gasteiger partial charge in [0.15, 0.2) is 11.1 Å². The Morgan fingerprint density at radius 1 is 0.647 bits per heavy atom. The molecule has 1 unspecified atom stereocenters. The van der Waals surface area contributed by atoms with E-state index in [2.05, 4.69) is 37.5 Å². The summed E-state index contributed by atoms with van der Waals surface area (Å²) < 4.78 is 20.3. The molecule has 1 aliphatic rings. The molecule has 34 heavy (non-hydrogen) atoms. The predicted octanol–water partition coefficient (Wildman–Crippen LogP) is 7.85. The van der Waals surface area contributed by atoms with Crippen molar-refractivity contribution >= 4 is 50.3 Å². The smallest absolute Gasteiger partial charge is 0.186 e. The van der Waals surface area contributed by atoms with Crippen molar-refractivity contribution in [3.8, 4) is 0 Å². The summed E-state index contributed by atoms with van der Waals surface area (Å²) >= 11 is -2.01. The summed E-state index contributed by atoms with van der Waals surface area (Å²) in [7, 11) is 0. The summed E-state index contributed by atoms with van der Waals surface area (Å²) in [6.45, 7) is 2.23. The third-order valence-corrected chi connectivity index (χ3v) is 6.46. The number of nitrogens with zero attached hydrogens (tertiary/aromatic N) is 5. The largest absolute Gasteiger partial charge is 0.372 e. The summed E-state index contributed by atoms with van der Waals surface area (Å²) in [5.74, 6) is 0. The minimum Gasteiger partial charge on any atom is -0.372 e. The molecule has 1 fully saturated rings. The first-order chi connectivity index (χ1) is 16.7. The van der Waals surface area contributed by atoms with E-state index in [0.717, 1.165) is 35.2 Å². The zero-order chi connectivity index (χ0) is 23.3. The van der Waals surface area contributed by atoms with Gasteiger partial charge < -0.3 is 9.45 Å². The maximum atomic E-state index is 11.1. The lowest BCUT2D eigenvalue weighted by atomic mass is 10.1. The Hall–Kier alpha value is -3.75. The molecule has 1 aliphatic heterocycles. The Balaban J connectivity index is 1.38. The van der Waals surface area contributed by atoms with Crippen LogP contribution in [0.5, 0.6) is 0 Å². The van der Waals surface area contributed by atoms with Crippen LogP contribution in [0.4, 0.5) is 28.4 Å². The minimum atomic E-state index is -2.01. The number of rotatable bonds is 6. The van der Waals surface area contributed by atoms with E-state index in [1.54, 1.807) is 24.3 Å². The molecule has 1 atom stereocenters. The number of fused-ring (bicyclic) bond motifs is 1. The number of anilines is 1. The highest BCUT2D eigenvalue weighted by Crippen LogP contribution is 2.35. The van der Waals surface area contributed by atoms with Crippen LogP contribution in [0.2, 0.25) is 0 Å². The number of hydrogen-bond donors (Lipinski definition) is 1. The van der Waals surface area contributed by atoms with E-state index in [9.17, 15) is 4.21 Å². The summed E-state index contributed by atoms with van der Waals surface area (Å²) in [6.07, 6.45) is 2.50. The molecule has 4 aromatic rings. The summed E-state index contributed by atoms with van der Waals surface area (Å²) in [6, 6.07) is 26.3. The Kier molecular flexibility index (Phi) is 6.51. The molecule has 8 heteroatoms. The van der Waals surface area contributed by atoms with Crippen LogP contribution in [-0.2, 0) is 11.1 Å². The fraction of sp³-hybridized carbons (Fsp3) is 0.154. The van der Waals surface area contributed by atoms with E-state index in [1.165, 1.54) is 18.5 Å². The van der Waals surface area contributed by atoms with Gasteiger partial charge in [0.05, 0.1) is 27.6 Å². The van der Waals surface area contributed by atoms with Crippen molar-refractivity contribution in [3.63, 3.8) is 0 Å². The molecule has 0 aromatic heterocycles. The van der Waals surface area contributed by atoms with Gasteiger partial charge in [-0.05, 0) is 73.5 Å². The first-order valence-electron chi connectivity index (χ1n) is 11.1. The van der Waals surface area contributed by atoms with Crippen LogP contribution < -0.4 is 4.90 Å². The van der Waals surface area contributed by atoms with Crippen LogP contribution in [0.3, 0.4) is 0 Å². The minimum absolute atomic E-state index is 0.324.